The lowest BCUT2D eigenvalue weighted by Crippen LogP contribution is -2.36. The molecule has 0 aromatic carbocycles. The molecule has 7 nitrogen and oxygen atoms in total. The van der Waals surface area contributed by atoms with Crippen molar-refractivity contribution in [1.82, 2.24) is 20.6 Å². The van der Waals surface area contributed by atoms with Gasteiger partial charge in [0.15, 0.2) is 0 Å². The molecule has 0 radical (unpaired) electrons. The van der Waals surface area contributed by atoms with Gasteiger partial charge >= 0.3 is 0 Å². The normalized spacial score (nSPS) is 12.6. The highest BCUT2D eigenvalue weighted by Crippen LogP contribution is 2.31. The van der Waals surface area contributed by atoms with E-state index in [0.717, 1.165) is 33.1 Å². The molecule has 2 rings (SSSR count). The van der Waals surface area contributed by atoms with Crippen molar-refractivity contribution in [3.8, 4) is 11.3 Å². The second-order valence-electron chi connectivity index (χ2n) is 7.62. The Labute approximate surface area is 206 Å². The molecule has 184 valence electrons. The first kappa shape index (κ1) is 28.8. The smallest absolute Gasteiger partial charge is 0.253 e. The van der Waals surface area contributed by atoms with Crippen LogP contribution in [-0.2, 0) is 14.3 Å². The van der Waals surface area contributed by atoms with E-state index in [1.807, 2.05) is 44.5 Å². The maximum atomic E-state index is 12.6. The number of carbonyl (C=O) groups is 2. The summed E-state index contributed by atoms with van der Waals surface area (Å²) in [6, 6.07) is -0.170. The molecule has 1 unspecified atom stereocenters. The van der Waals surface area contributed by atoms with Crippen LogP contribution >= 0.6 is 11.3 Å². The molecule has 2 aromatic heterocycles. The van der Waals surface area contributed by atoms with E-state index < -0.39 is 0 Å². The van der Waals surface area contributed by atoms with Crippen LogP contribution in [-0.4, -0.2) is 42.0 Å². The lowest BCUT2D eigenvalue weighted by atomic mass is 10.1. The summed E-state index contributed by atoms with van der Waals surface area (Å²) in [7, 11) is 1.57. The Balaban J connectivity index is 0.00000182. The minimum Gasteiger partial charge on any atom is -0.383 e. The van der Waals surface area contributed by atoms with Gasteiger partial charge in [-0.2, -0.15) is 0 Å². The summed E-state index contributed by atoms with van der Waals surface area (Å²) in [6.07, 6.45) is 12.4. The summed E-state index contributed by atoms with van der Waals surface area (Å²) in [5, 5.41) is 8.03. The zero-order valence-electron chi connectivity index (χ0n) is 20.9. The number of hydrogen-bond acceptors (Lipinski definition) is 5. The number of allylic oxidation sites excluding steroid dienone is 3. The van der Waals surface area contributed by atoms with E-state index in [-0.39, 0.29) is 11.9 Å². The van der Waals surface area contributed by atoms with Gasteiger partial charge in [-0.25, -0.2) is 4.98 Å². The molecule has 1 atom stereocenters. The fourth-order valence-electron chi connectivity index (χ4n) is 2.90. The number of rotatable bonds is 11. The van der Waals surface area contributed by atoms with E-state index in [0.29, 0.717) is 18.6 Å². The van der Waals surface area contributed by atoms with Crippen molar-refractivity contribution in [2.75, 3.05) is 13.7 Å². The maximum absolute atomic E-state index is 12.6. The summed E-state index contributed by atoms with van der Waals surface area (Å²) in [5.41, 5.74) is 5.06. The second-order valence-corrected chi connectivity index (χ2v) is 8.48. The van der Waals surface area contributed by atoms with Gasteiger partial charge in [-0.1, -0.05) is 45.1 Å². The highest BCUT2D eigenvalue weighted by atomic mass is 32.1. The Morgan fingerprint density at radius 3 is 2.71 bits per heavy atom. The largest absolute Gasteiger partial charge is 0.383 e. The number of carbonyl (C=O) groups excluding carboxylic acids is 2. The molecule has 0 aliphatic heterocycles. The van der Waals surface area contributed by atoms with Crippen LogP contribution < -0.4 is 10.6 Å². The van der Waals surface area contributed by atoms with Crippen molar-refractivity contribution in [2.24, 2.45) is 0 Å². The number of hydrogen-bond donors (Lipinski definition) is 3. The number of ether oxygens (including phenoxy) is 1. The van der Waals surface area contributed by atoms with Crippen molar-refractivity contribution in [3.63, 3.8) is 0 Å². The Hall–Kier alpha value is -3.23. The zero-order valence-corrected chi connectivity index (χ0v) is 21.7. The number of aromatic amines is 1. The first-order valence-corrected chi connectivity index (χ1v) is 12.0. The predicted molar refractivity (Wildman–Crippen MR) is 142 cm³/mol. The molecule has 2 amide bonds. The fourth-order valence-corrected chi connectivity index (χ4v) is 3.70. The molecular formula is C26H36N4O3S. The van der Waals surface area contributed by atoms with Crippen LogP contribution in [0.4, 0.5) is 0 Å². The average Bonchev–Trinajstić information content (AvgIpc) is 3.42. The third-order valence-electron chi connectivity index (χ3n) is 4.38. The SMILES string of the molecule is C=C/C=C\c1c(-c2csc(/C(C)=C/C(=C\NC=O)C(=O)NC(C)COC)n2)c[nH]c1C.CCC. The summed E-state index contributed by atoms with van der Waals surface area (Å²) in [4.78, 5) is 31.3. The minimum atomic E-state index is -0.312. The molecule has 0 aliphatic carbocycles. The fraction of sp³-hybridized carbons (Fsp3) is 0.346. The predicted octanol–water partition coefficient (Wildman–Crippen LogP) is 5.25. The highest BCUT2D eigenvalue weighted by molar-refractivity contribution is 7.11. The number of amides is 2. The lowest BCUT2D eigenvalue weighted by molar-refractivity contribution is -0.118. The molecule has 0 aliphatic rings. The van der Waals surface area contributed by atoms with Crippen LogP contribution in [0.25, 0.3) is 22.9 Å². The zero-order chi connectivity index (χ0) is 25.5. The number of nitrogens with one attached hydrogen (secondary N) is 3. The summed E-state index contributed by atoms with van der Waals surface area (Å²) in [5.74, 6) is -0.312. The number of methoxy groups -OCH3 is 1. The third kappa shape index (κ3) is 8.96. The Kier molecular flexibility index (Phi) is 13.2. The van der Waals surface area contributed by atoms with E-state index in [1.165, 1.54) is 24.0 Å². The maximum Gasteiger partial charge on any atom is 0.253 e. The molecule has 0 saturated heterocycles. The van der Waals surface area contributed by atoms with Crippen molar-refractivity contribution in [2.45, 2.75) is 47.1 Å². The number of thiazole rings is 1. The van der Waals surface area contributed by atoms with Gasteiger partial charge in [0.05, 0.1) is 17.9 Å². The number of aryl methyl sites for hydroxylation is 1. The molecule has 34 heavy (non-hydrogen) atoms. The molecule has 0 bridgehead atoms. The summed E-state index contributed by atoms with van der Waals surface area (Å²) < 4.78 is 5.05. The molecule has 2 aromatic rings. The van der Waals surface area contributed by atoms with Crippen molar-refractivity contribution in [1.29, 1.82) is 0 Å². The van der Waals surface area contributed by atoms with Crippen LogP contribution in [0.2, 0.25) is 0 Å². The van der Waals surface area contributed by atoms with E-state index in [4.69, 9.17) is 9.72 Å². The van der Waals surface area contributed by atoms with Crippen LogP contribution in [0.5, 0.6) is 0 Å². The molecule has 3 N–H and O–H groups in total. The Morgan fingerprint density at radius 2 is 2.09 bits per heavy atom. The topological polar surface area (TPSA) is 96.1 Å². The van der Waals surface area contributed by atoms with Gasteiger partial charge in [0.25, 0.3) is 5.91 Å². The number of H-pyrrole nitrogens is 1. The van der Waals surface area contributed by atoms with E-state index >= 15 is 0 Å². The molecule has 2 heterocycles. The van der Waals surface area contributed by atoms with Gasteiger partial charge in [0.2, 0.25) is 6.41 Å². The van der Waals surface area contributed by atoms with Crippen LogP contribution in [0.1, 0.15) is 50.4 Å². The molecule has 0 saturated carbocycles. The van der Waals surface area contributed by atoms with E-state index in [2.05, 4.69) is 36.0 Å². The van der Waals surface area contributed by atoms with Gasteiger partial charge in [0.1, 0.15) is 5.01 Å². The molecule has 0 spiro atoms. The van der Waals surface area contributed by atoms with Crippen molar-refractivity contribution >= 4 is 35.3 Å². The quantitative estimate of drug-likeness (QED) is 0.231. The monoisotopic (exact) mass is 484 g/mol. The van der Waals surface area contributed by atoms with E-state index in [9.17, 15) is 9.59 Å². The van der Waals surface area contributed by atoms with Gasteiger partial charge < -0.3 is 20.4 Å². The summed E-state index contributed by atoms with van der Waals surface area (Å²) >= 11 is 1.49. The van der Waals surface area contributed by atoms with Gasteiger partial charge in [-0.3, -0.25) is 9.59 Å². The Bertz CT molecular complexity index is 1030. The van der Waals surface area contributed by atoms with Gasteiger partial charge in [-0.05, 0) is 32.4 Å². The van der Waals surface area contributed by atoms with Crippen molar-refractivity contribution in [3.05, 3.63) is 64.4 Å². The molecule has 8 heteroatoms. The first-order chi connectivity index (χ1) is 16.3. The van der Waals surface area contributed by atoms with Crippen molar-refractivity contribution < 1.29 is 14.3 Å². The van der Waals surface area contributed by atoms with E-state index in [1.54, 1.807) is 19.3 Å². The Morgan fingerprint density at radius 1 is 1.38 bits per heavy atom. The average molecular weight is 485 g/mol. The highest BCUT2D eigenvalue weighted by Gasteiger charge is 2.15. The first-order valence-electron chi connectivity index (χ1n) is 11.1. The van der Waals surface area contributed by atoms with Gasteiger partial charge in [-0.15, -0.1) is 11.3 Å². The second kappa shape index (κ2) is 15.6. The molecule has 0 fully saturated rings. The lowest BCUT2D eigenvalue weighted by Gasteiger charge is -2.13. The molecular weight excluding hydrogens is 448 g/mol. The number of aromatic nitrogens is 2. The summed E-state index contributed by atoms with van der Waals surface area (Å²) in [6.45, 7) is 14.1. The third-order valence-corrected chi connectivity index (χ3v) is 5.36. The van der Waals surface area contributed by atoms with Crippen LogP contribution in [0.15, 0.2) is 48.2 Å². The van der Waals surface area contributed by atoms with Crippen LogP contribution in [0.3, 0.4) is 0 Å². The van der Waals surface area contributed by atoms with Gasteiger partial charge in [0, 0.05) is 47.7 Å². The standard InChI is InChI=1S/C23H28N4O3S.C3H8/c1-6-7-8-19-17(4)25-11-20(19)21-13-31-23(27-21)15(2)9-18(10-24-14-28)22(29)26-16(3)12-30-5;1-3-2/h6-11,13-14,16,25H,1,12H2,2-5H3,(H,24,28)(H,26,29);3H2,1-2H3/b8-7-,15-9+,18-10+;. The number of nitrogens with zero attached hydrogens (tertiary/aromatic N) is 1. The minimum absolute atomic E-state index is 0.170. The van der Waals surface area contributed by atoms with Crippen LogP contribution in [0, 0.1) is 6.92 Å².